The third-order valence-electron chi connectivity index (χ3n) is 7.41. The van der Waals surface area contributed by atoms with Gasteiger partial charge in [0, 0.05) is 50.8 Å². The van der Waals surface area contributed by atoms with E-state index >= 15 is 0 Å². The van der Waals surface area contributed by atoms with Gasteiger partial charge in [-0.3, -0.25) is 14.5 Å². The van der Waals surface area contributed by atoms with Crippen LogP contribution >= 0.6 is 11.3 Å². The lowest BCUT2D eigenvalue weighted by molar-refractivity contribution is -0.0362. The number of anilines is 2. The van der Waals surface area contributed by atoms with Crippen LogP contribution in [0, 0.1) is 12.3 Å². The van der Waals surface area contributed by atoms with Crippen LogP contribution in [0.1, 0.15) is 46.2 Å². The second kappa shape index (κ2) is 12.4. The molecule has 1 aromatic carbocycles. The predicted octanol–water partition coefficient (Wildman–Crippen LogP) is 2.36. The van der Waals surface area contributed by atoms with Crippen molar-refractivity contribution < 1.29 is 23.8 Å². The van der Waals surface area contributed by atoms with Gasteiger partial charge in [-0.2, -0.15) is 0 Å². The summed E-state index contributed by atoms with van der Waals surface area (Å²) in [5.41, 5.74) is 1.57. The highest BCUT2D eigenvalue weighted by molar-refractivity contribution is 7.14. The molecule has 39 heavy (non-hydrogen) atoms. The molecule has 3 saturated heterocycles. The van der Waals surface area contributed by atoms with E-state index in [9.17, 15) is 9.59 Å². The number of nitrogens with one attached hydrogen (secondary N) is 2. The second-order valence-corrected chi connectivity index (χ2v) is 11.0. The first-order valence-corrected chi connectivity index (χ1v) is 14.2. The van der Waals surface area contributed by atoms with Gasteiger partial charge < -0.3 is 29.7 Å². The van der Waals surface area contributed by atoms with Gasteiger partial charge in [0.1, 0.15) is 11.2 Å². The van der Waals surface area contributed by atoms with E-state index in [-0.39, 0.29) is 17.9 Å². The Morgan fingerprint density at radius 1 is 1.10 bits per heavy atom. The van der Waals surface area contributed by atoms with E-state index < -0.39 is 5.54 Å². The van der Waals surface area contributed by atoms with Crippen molar-refractivity contribution in [2.24, 2.45) is 0 Å². The van der Waals surface area contributed by atoms with Crippen LogP contribution in [-0.4, -0.2) is 92.6 Å². The Balaban J connectivity index is 1.36. The molecule has 0 bridgehead atoms. The molecule has 1 unspecified atom stereocenters. The quantitative estimate of drug-likeness (QED) is 0.504. The van der Waals surface area contributed by atoms with Crippen LogP contribution < -0.4 is 15.5 Å². The Kier molecular flexibility index (Phi) is 8.79. The van der Waals surface area contributed by atoms with Gasteiger partial charge in [0.25, 0.3) is 11.8 Å². The summed E-state index contributed by atoms with van der Waals surface area (Å²) in [6.45, 7) is 8.30. The fraction of sp³-hybridized carbons (Fsp3) is 0.536. The van der Waals surface area contributed by atoms with E-state index in [0.29, 0.717) is 69.7 Å². The normalized spacial score (nSPS) is 22.7. The molecule has 11 heteroatoms. The first kappa shape index (κ1) is 27.6. The summed E-state index contributed by atoms with van der Waals surface area (Å²) in [5.74, 6) is 2.28. The second-order valence-electron chi connectivity index (χ2n) is 10.2. The molecule has 0 radical (unpaired) electrons. The van der Waals surface area contributed by atoms with Gasteiger partial charge >= 0.3 is 0 Å². The molecule has 208 valence electrons. The number of thiazole rings is 1. The molecule has 4 heterocycles. The average Bonchev–Trinajstić information content (AvgIpc) is 3.47. The van der Waals surface area contributed by atoms with Crippen LogP contribution in [0.25, 0.3) is 0 Å². The Morgan fingerprint density at radius 2 is 1.85 bits per heavy atom. The van der Waals surface area contributed by atoms with Crippen molar-refractivity contribution >= 4 is 34.0 Å². The summed E-state index contributed by atoms with van der Waals surface area (Å²) in [6.07, 6.45) is 7.35. The zero-order valence-electron chi connectivity index (χ0n) is 22.2. The maximum absolute atomic E-state index is 13.5. The minimum Gasteiger partial charge on any atom is -0.381 e. The third-order valence-corrected chi connectivity index (χ3v) is 8.31. The minimum atomic E-state index is -0.529. The van der Waals surface area contributed by atoms with Crippen LogP contribution in [-0.2, 0) is 20.8 Å². The van der Waals surface area contributed by atoms with E-state index in [1.807, 2.05) is 19.1 Å². The van der Waals surface area contributed by atoms with E-state index in [0.717, 1.165) is 36.6 Å². The van der Waals surface area contributed by atoms with Crippen molar-refractivity contribution in [2.75, 3.05) is 69.5 Å². The molecule has 3 aliphatic rings. The number of hydrogen-bond acceptors (Lipinski definition) is 9. The number of aromatic nitrogens is 1. The topological polar surface area (TPSA) is 105 Å². The first-order chi connectivity index (χ1) is 18.9. The lowest BCUT2D eigenvalue weighted by Gasteiger charge is -2.41. The van der Waals surface area contributed by atoms with Gasteiger partial charge in [-0.05, 0) is 37.5 Å². The van der Waals surface area contributed by atoms with Gasteiger partial charge in [-0.25, -0.2) is 4.98 Å². The largest absolute Gasteiger partial charge is 0.381 e. The number of nitrogens with zero attached hydrogens (tertiary/aromatic N) is 3. The summed E-state index contributed by atoms with van der Waals surface area (Å²) < 4.78 is 16.5. The van der Waals surface area contributed by atoms with Gasteiger partial charge in [0.2, 0.25) is 0 Å². The fourth-order valence-electron chi connectivity index (χ4n) is 4.94. The molecule has 2 N–H and O–H groups in total. The number of benzene rings is 1. The molecule has 1 atom stereocenters. The number of morpholine rings is 2. The molecule has 2 aromatic rings. The van der Waals surface area contributed by atoms with Gasteiger partial charge in [0.05, 0.1) is 37.7 Å². The molecular formula is C28H35N5O5S. The summed E-state index contributed by atoms with van der Waals surface area (Å²) >= 11 is 1.43. The Labute approximate surface area is 233 Å². The average molecular weight is 554 g/mol. The molecule has 0 spiro atoms. The zero-order valence-corrected chi connectivity index (χ0v) is 23.1. The molecule has 1 aromatic heterocycles. The van der Waals surface area contributed by atoms with E-state index in [2.05, 4.69) is 31.3 Å². The number of terminal acetylenes is 1. The van der Waals surface area contributed by atoms with Crippen molar-refractivity contribution in [3.05, 3.63) is 40.4 Å². The third kappa shape index (κ3) is 6.59. The molecule has 0 saturated carbocycles. The smallest absolute Gasteiger partial charge is 0.275 e. The number of carbonyl (C=O) groups excluding carboxylic acids is 2. The number of hydrogen-bond donors (Lipinski definition) is 2. The van der Waals surface area contributed by atoms with Crippen LogP contribution in [0.4, 0.5) is 10.8 Å². The predicted molar refractivity (Wildman–Crippen MR) is 149 cm³/mol. The molecule has 0 aliphatic carbocycles. The highest BCUT2D eigenvalue weighted by Gasteiger charge is 2.33. The number of amides is 2. The van der Waals surface area contributed by atoms with E-state index in [1.54, 1.807) is 11.4 Å². The number of ether oxygens (including phenoxy) is 3. The molecular weight excluding hydrogens is 518 g/mol. The van der Waals surface area contributed by atoms with Crippen LogP contribution in [0.15, 0.2) is 23.6 Å². The highest BCUT2D eigenvalue weighted by Crippen LogP contribution is 2.26. The summed E-state index contributed by atoms with van der Waals surface area (Å²) in [6, 6.07) is 5.58. The fourth-order valence-corrected chi connectivity index (χ4v) is 5.80. The molecule has 2 amide bonds. The maximum atomic E-state index is 13.5. The van der Waals surface area contributed by atoms with Crippen molar-refractivity contribution in [3.63, 3.8) is 0 Å². The summed E-state index contributed by atoms with van der Waals surface area (Å²) in [4.78, 5) is 35.5. The highest BCUT2D eigenvalue weighted by atomic mass is 32.1. The van der Waals surface area contributed by atoms with Crippen molar-refractivity contribution in [1.82, 2.24) is 15.2 Å². The minimum absolute atomic E-state index is 0.0250. The summed E-state index contributed by atoms with van der Waals surface area (Å²) in [5, 5.41) is 8.59. The van der Waals surface area contributed by atoms with Crippen LogP contribution in [0.5, 0.6) is 0 Å². The van der Waals surface area contributed by atoms with E-state index in [1.165, 1.54) is 11.3 Å². The monoisotopic (exact) mass is 553 g/mol. The molecule has 5 rings (SSSR count). The lowest BCUT2D eigenvalue weighted by atomic mass is 9.98. The Morgan fingerprint density at radius 3 is 2.62 bits per heavy atom. The van der Waals surface area contributed by atoms with Crippen LogP contribution in [0.3, 0.4) is 0 Å². The molecule has 10 nitrogen and oxygen atoms in total. The van der Waals surface area contributed by atoms with E-state index in [4.69, 9.17) is 20.6 Å². The van der Waals surface area contributed by atoms with Crippen molar-refractivity contribution in [3.8, 4) is 12.3 Å². The first-order valence-electron chi connectivity index (χ1n) is 13.4. The molecule has 3 aliphatic heterocycles. The standard InChI is InChI=1S/C28H35N5O5S/c1-3-28(2)19-38-15-10-33(28)17-20-4-5-23(22(16-20)25(34)29-21-6-11-36-12-7-21)30-26(35)24-18-39-27(31-24)32-8-13-37-14-9-32/h1,4-5,16,18,21H,6-15,17,19H2,2H3,(H,29,34)(H,30,35). The maximum Gasteiger partial charge on any atom is 0.275 e. The van der Waals surface area contributed by atoms with Crippen molar-refractivity contribution in [2.45, 2.75) is 37.9 Å². The number of rotatable bonds is 7. The SMILES string of the molecule is C#CC1(C)COCCN1Cc1ccc(NC(=O)c2csc(N3CCOCC3)n2)c(C(=O)NC2CCOCC2)c1. The van der Waals surface area contributed by atoms with Gasteiger partial charge in [-0.15, -0.1) is 17.8 Å². The Bertz CT molecular complexity index is 1220. The molecule has 3 fully saturated rings. The van der Waals surface area contributed by atoms with Crippen LogP contribution in [0.2, 0.25) is 0 Å². The number of carbonyl (C=O) groups is 2. The van der Waals surface area contributed by atoms with Gasteiger partial charge in [-0.1, -0.05) is 12.0 Å². The lowest BCUT2D eigenvalue weighted by Crippen LogP contribution is -2.53. The van der Waals surface area contributed by atoms with Gasteiger partial charge in [0.15, 0.2) is 5.13 Å². The zero-order chi connectivity index (χ0) is 27.2. The van der Waals surface area contributed by atoms with Crippen molar-refractivity contribution in [1.29, 1.82) is 0 Å². The Hall–Kier alpha value is -3.01. The summed E-state index contributed by atoms with van der Waals surface area (Å²) in [7, 11) is 0.